The highest BCUT2D eigenvalue weighted by Crippen LogP contribution is 2.21. The van der Waals surface area contributed by atoms with Crippen LogP contribution in [0.1, 0.15) is 6.42 Å². The lowest BCUT2D eigenvalue weighted by Gasteiger charge is -2.50. The molecule has 0 aliphatic carbocycles. The van der Waals surface area contributed by atoms with Gasteiger partial charge in [-0.2, -0.15) is 13.2 Å². The first-order valence-electron chi connectivity index (χ1n) is 8.49. The second-order valence-corrected chi connectivity index (χ2v) is 7.99. The van der Waals surface area contributed by atoms with Gasteiger partial charge in [-0.25, -0.2) is 13.2 Å². The van der Waals surface area contributed by atoms with E-state index < -0.39 is 15.6 Å². The minimum absolute atomic E-state index is 0.247. The molecule has 12 heteroatoms. The maximum Gasteiger partial charge on any atom is 0.485 e. The number of nitrogens with zero attached hydrogens (tertiary/aromatic N) is 3. The summed E-state index contributed by atoms with van der Waals surface area (Å²) in [5.74, 6) is 0. The largest absolute Gasteiger partial charge is 0.741 e. The number of quaternary nitrogens is 1. The highest BCUT2D eigenvalue weighted by molar-refractivity contribution is 7.86. The zero-order chi connectivity index (χ0) is 20.7. The number of fused-ring (bicyclic) bond motifs is 3. The Kier molecular flexibility index (Phi) is 8.51. The van der Waals surface area contributed by atoms with Crippen LogP contribution < -0.4 is 0 Å². The summed E-state index contributed by atoms with van der Waals surface area (Å²) in [6.45, 7) is 13.4. The van der Waals surface area contributed by atoms with Crippen LogP contribution in [-0.2, 0) is 14.9 Å². The normalized spacial score (nSPS) is 24.6. The highest BCUT2D eigenvalue weighted by Gasteiger charge is 2.38. The fourth-order valence-corrected chi connectivity index (χ4v) is 3.04. The van der Waals surface area contributed by atoms with Crippen molar-refractivity contribution in [3.05, 3.63) is 12.7 Å². The number of amides is 1. The molecule has 158 valence electrons. The molecule has 3 saturated heterocycles. The molecule has 3 aliphatic rings. The third-order valence-corrected chi connectivity index (χ3v) is 5.28. The van der Waals surface area contributed by atoms with E-state index in [4.69, 9.17) is 17.7 Å². The minimum Gasteiger partial charge on any atom is -0.741 e. The van der Waals surface area contributed by atoms with E-state index in [0.29, 0.717) is 6.61 Å². The van der Waals surface area contributed by atoms with Gasteiger partial charge >= 0.3 is 11.6 Å². The molecule has 3 fully saturated rings. The van der Waals surface area contributed by atoms with Crippen molar-refractivity contribution in [2.75, 3.05) is 66.0 Å². The lowest BCUT2D eigenvalue weighted by molar-refractivity contribution is -0.941. The molecule has 0 saturated carbocycles. The topological polar surface area (TPSA) is 90.0 Å². The molecule has 1 amide bonds. The van der Waals surface area contributed by atoms with Crippen LogP contribution in [0.3, 0.4) is 0 Å². The van der Waals surface area contributed by atoms with Gasteiger partial charge in [0.2, 0.25) is 0 Å². The van der Waals surface area contributed by atoms with Crippen LogP contribution >= 0.6 is 0 Å². The smallest absolute Gasteiger partial charge is 0.485 e. The molecule has 0 aromatic rings. The van der Waals surface area contributed by atoms with Crippen LogP contribution in [0.2, 0.25) is 0 Å². The van der Waals surface area contributed by atoms with Crippen molar-refractivity contribution in [3.8, 4) is 0 Å². The standard InChI is InChI=1S/C14H26N3O2.CHF3O3S/c1-3-13-19-14(18)15(2)5-4-9-17-10-6-16(7-11-17)8-12-17;2-1(3,4)8(5,6)7/h3H,1,4-13H2,2H3;(H,5,6,7)/q+1;/p-1. The van der Waals surface area contributed by atoms with E-state index in [1.807, 2.05) is 0 Å². The molecule has 3 rings (SSSR count). The number of halogens is 3. The van der Waals surface area contributed by atoms with E-state index in [9.17, 15) is 18.0 Å². The fraction of sp³-hybridized carbons (Fsp3) is 0.800. The minimum atomic E-state index is -6.09. The van der Waals surface area contributed by atoms with Gasteiger partial charge in [0, 0.05) is 39.6 Å². The molecule has 0 unspecified atom stereocenters. The molecule has 0 radical (unpaired) electrons. The van der Waals surface area contributed by atoms with E-state index >= 15 is 0 Å². The number of carbonyl (C=O) groups excluding carboxylic acids is 1. The van der Waals surface area contributed by atoms with Crippen molar-refractivity contribution >= 4 is 16.2 Å². The molecular weight excluding hydrogens is 391 g/mol. The molecule has 3 heterocycles. The van der Waals surface area contributed by atoms with Crippen molar-refractivity contribution in [1.29, 1.82) is 0 Å². The highest BCUT2D eigenvalue weighted by atomic mass is 32.2. The Bertz CT molecular complexity index is 591. The molecule has 0 aromatic heterocycles. The lowest BCUT2D eigenvalue weighted by atomic mass is 10.1. The number of carbonyl (C=O) groups is 1. The van der Waals surface area contributed by atoms with Gasteiger partial charge in [-0.05, 0) is 0 Å². The Balaban J connectivity index is 0.000000387. The number of piperazine rings is 3. The number of ether oxygens (including phenoxy) is 1. The molecular formula is C15H26F3N3O5S. The zero-order valence-electron chi connectivity index (χ0n) is 15.3. The summed E-state index contributed by atoms with van der Waals surface area (Å²) in [7, 11) is -4.29. The summed E-state index contributed by atoms with van der Waals surface area (Å²) >= 11 is 0. The SMILES string of the molecule is C=CCOC(=O)N(C)CCC[N+]12CCN(CC1)CC2.O=S(=O)([O-])C(F)(F)F. The average molecular weight is 417 g/mol. The molecule has 0 N–H and O–H groups in total. The van der Waals surface area contributed by atoms with Crippen molar-refractivity contribution < 1.29 is 40.2 Å². The second kappa shape index (κ2) is 9.71. The van der Waals surface area contributed by atoms with E-state index in [-0.39, 0.29) is 6.09 Å². The quantitative estimate of drug-likeness (QED) is 0.275. The number of hydrogen-bond donors (Lipinski definition) is 0. The van der Waals surface area contributed by atoms with Crippen molar-refractivity contribution in [1.82, 2.24) is 9.80 Å². The first kappa shape index (κ1) is 23.7. The first-order valence-corrected chi connectivity index (χ1v) is 9.89. The van der Waals surface area contributed by atoms with Crippen molar-refractivity contribution in [2.24, 2.45) is 0 Å². The fourth-order valence-electron chi connectivity index (χ4n) is 3.04. The summed E-state index contributed by atoms with van der Waals surface area (Å²) in [4.78, 5) is 15.8. The number of rotatable bonds is 6. The average Bonchev–Trinajstić information content (AvgIpc) is 2.59. The van der Waals surface area contributed by atoms with E-state index in [2.05, 4.69) is 11.5 Å². The van der Waals surface area contributed by atoms with Gasteiger partial charge in [-0.15, -0.1) is 0 Å². The van der Waals surface area contributed by atoms with E-state index in [1.54, 1.807) is 18.0 Å². The first-order chi connectivity index (χ1) is 12.4. The van der Waals surface area contributed by atoms with Gasteiger partial charge in [0.15, 0.2) is 10.1 Å². The Morgan fingerprint density at radius 2 is 1.78 bits per heavy atom. The summed E-state index contributed by atoms with van der Waals surface area (Å²) in [5.41, 5.74) is -5.65. The molecule has 0 atom stereocenters. The van der Waals surface area contributed by atoms with Crippen LogP contribution in [0.4, 0.5) is 18.0 Å². The van der Waals surface area contributed by atoms with Gasteiger partial charge < -0.3 is 18.7 Å². The van der Waals surface area contributed by atoms with Gasteiger partial charge in [0.25, 0.3) is 0 Å². The number of hydrogen-bond acceptors (Lipinski definition) is 6. The van der Waals surface area contributed by atoms with Crippen molar-refractivity contribution in [2.45, 2.75) is 11.9 Å². The van der Waals surface area contributed by atoms with Crippen molar-refractivity contribution in [3.63, 3.8) is 0 Å². The summed E-state index contributed by atoms with van der Waals surface area (Å²) in [6.07, 6.45) is 2.40. The van der Waals surface area contributed by atoms with Crippen LogP contribution in [0.15, 0.2) is 12.7 Å². The van der Waals surface area contributed by atoms with E-state index in [1.165, 1.54) is 50.3 Å². The predicted octanol–water partition coefficient (Wildman–Crippen LogP) is 0.828. The van der Waals surface area contributed by atoms with Crippen LogP contribution in [0, 0.1) is 0 Å². The Morgan fingerprint density at radius 1 is 1.30 bits per heavy atom. The second-order valence-electron chi connectivity index (χ2n) is 6.62. The predicted molar refractivity (Wildman–Crippen MR) is 90.7 cm³/mol. The van der Waals surface area contributed by atoms with E-state index in [0.717, 1.165) is 13.0 Å². The Morgan fingerprint density at radius 3 is 2.19 bits per heavy atom. The Labute approximate surface area is 157 Å². The third-order valence-electron chi connectivity index (χ3n) is 4.72. The summed E-state index contributed by atoms with van der Waals surface area (Å²) in [6, 6.07) is 0. The molecule has 0 aromatic carbocycles. The monoisotopic (exact) mass is 417 g/mol. The molecule has 0 spiro atoms. The molecule has 2 bridgehead atoms. The molecule has 27 heavy (non-hydrogen) atoms. The third kappa shape index (κ3) is 7.64. The lowest BCUT2D eigenvalue weighted by Crippen LogP contribution is -2.67. The summed E-state index contributed by atoms with van der Waals surface area (Å²) < 4.78 is 65.2. The van der Waals surface area contributed by atoms with Crippen LogP contribution in [0.5, 0.6) is 0 Å². The van der Waals surface area contributed by atoms with Gasteiger partial charge in [0.05, 0.1) is 26.2 Å². The Hall–Kier alpha value is -1.37. The zero-order valence-corrected chi connectivity index (χ0v) is 16.1. The van der Waals surface area contributed by atoms with Gasteiger partial charge in [0.1, 0.15) is 6.61 Å². The van der Waals surface area contributed by atoms with Gasteiger partial charge in [-0.1, -0.05) is 12.7 Å². The summed E-state index contributed by atoms with van der Waals surface area (Å²) in [5, 5.41) is 0. The maximum atomic E-state index is 11.6. The number of alkyl halides is 3. The molecule has 3 aliphatic heterocycles. The van der Waals surface area contributed by atoms with Crippen LogP contribution in [-0.4, -0.2) is 105 Å². The maximum absolute atomic E-state index is 11.6. The van der Waals surface area contributed by atoms with Crippen LogP contribution in [0.25, 0.3) is 0 Å². The molecule has 8 nitrogen and oxygen atoms in total. The van der Waals surface area contributed by atoms with Gasteiger partial charge in [-0.3, -0.25) is 4.90 Å².